The molecule has 0 spiro atoms. The molecule has 1 fully saturated rings. The summed E-state index contributed by atoms with van der Waals surface area (Å²) < 4.78 is 11.7. The van der Waals surface area contributed by atoms with Gasteiger partial charge in [-0.3, -0.25) is 4.79 Å². The number of carbonyl (C=O) groups excluding carboxylic acids is 1. The molecular weight excluding hydrogens is 372 g/mol. The third-order valence-corrected chi connectivity index (χ3v) is 6.11. The summed E-state index contributed by atoms with van der Waals surface area (Å²) >= 11 is 6.49. The third-order valence-electron chi connectivity index (χ3n) is 5.74. The number of hydrogen-bond acceptors (Lipinski definition) is 3. The molecule has 2 aromatic rings. The first kappa shape index (κ1) is 20.9. The Morgan fingerprint density at radius 1 is 1.07 bits per heavy atom. The van der Waals surface area contributed by atoms with E-state index in [1.165, 1.54) is 5.56 Å². The number of rotatable bonds is 6. The Labute approximate surface area is 173 Å². The summed E-state index contributed by atoms with van der Waals surface area (Å²) in [6, 6.07) is 14.2. The maximum Gasteiger partial charge on any atom is 0.164 e. The van der Waals surface area contributed by atoms with Crippen LogP contribution in [-0.4, -0.2) is 18.5 Å². The van der Waals surface area contributed by atoms with Crippen molar-refractivity contribution < 1.29 is 14.3 Å². The summed E-state index contributed by atoms with van der Waals surface area (Å²) in [5.74, 6) is 1.22. The Bertz CT molecular complexity index is 811. The van der Waals surface area contributed by atoms with E-state index in [0.29, 0.717) is 13.0 Å². The summed E-state index contributed by atoms with van der Waals surface area (Å²) in [6.45, 7) is 8.75. The Morgan fingerprint density at radius 3 is 2.43 bits per heavy atom. The van der Waals surface area contributed by atoms with Gasteiger partial charge < -0.3 is 9.47 Å². The lowest BCUT2D eigenvalue weighted by atomic mass is 9.79. The second kappa shape index (κ2) is 9.11. The quantitative estimate of drug-likeness (QED) is 0.594. The molecule has 4 heteroatoms. The fourth-order valence-corrected chi connectivity index (χ4v) is 4.04. The number of Topliss-reactive ketones (excluding diaryl/α,β-unsaturated/α-hetero) is 1. The average molecular weight is 401 g/mol. The minimum atomic E-state index is -0.318. The van der Waals surface area contributed by atoms with Gasteiger partial charge in [-0.05, 0) is 60.6 Å². The Balaban J connectivity index is 1.83. The van der Waals surface area contributed by atoms with Gasteiger partial charge in [0.25, 0.3) is 0 Å². The molecule has 150 valence electrons. The molecule has 4 atom stereocenters. The topological polar surface area (TPSA) is 35.5 Å². The lowest BCUT2D eigenvalue weighted by Gasteiger charge is -2.38. The van der Waals surface area contributed by atoms with Gasteiger partial charge in [-0.15, -0.1) is 0 Å². The van der Waals surface area contributed by atoms with Gasteiger partial charge in [0.05, 0.1) is 12.7 Å². The molecule has 4 unspecified atom stereocenters. The van der Waals surface area contributed by atoms with Crippen molar-refractivity contribution in [2.45, 2.75) is 52.7 Å². The van der Waals surface area contributed by atoms with Crippen LogP contribution in [0.15, 0.2) is 42.5 Å². The zero-order chi connectivity index (χ0) is 20.3. The van der Waals surface area contributed by atoms with Crippen LogP contribution in [0.5, 0.6) is 5.75 Å². The van der Waals surface area contributed by atoms with Gasteiger partial charge in [-0.1, -0.05) is 56.6 Å². The average Bonchev–Trinajstić information content (AvgIpc) is 2.70. The van der Waals surface area contributed by atoms with Gasteiger partial charge in [0.15, 0.2) is 5.78 Å². The summed E-state index contributed by atoms with van der Waals surface area (Å²) in [5, 5.41) is 0.747. The van der Waals surface area contributed by atoms with Crippen molar-refractivity contribution in [3.05, 3.63) is 64.2 Å². The van der Waals surface area contributed by atoms with Crippen LogP contribution >= 0.6 is 11.6 Å². The maximum atomic E-state index is 12.4. The number of hydrogen-bond donors (Lipinski definition) is 0. The van der Waals surface area contributed by atoms with Crippen LogP contribution < -0.4 is 4.74 Å². The Kier molecular flexibility index (Phi) is 6.79. The van der Waals surface area contributed by atoms with E-state index in [9.17, 15) is 4.79 Å². The molecule has 3 nitrogen and oxygen atoms in total. The predicted octanol–water partition coefficient (Wildman–Crippen LogP) is 6.02. The summed E-state index contributed by atoms with van der Waals surface area (Å²) in [4.78, 5) is 12.4. The van der Waals surface area contributed by atoms with Crippen molar-refractivity contribution in [2.24, 2.45) is 11.8 Å². The highest BCUT2D eigenvalue weighted by molar-refractivity contribution is 6.31. The maximum absolute atomic E-state index is 12.4. The molecule has 1 saturated heterocycles. The van der Waals surface area contributed by atoms with Crippen LogP contribution in [0, 0.1) is 11.8 Å². The zero-order valence-electron chi connectivity index (χ0n) is 17.1. The van der Waals surface area contributed by atoms with Crippen LogP contribution in [0.3, 0.4) is 0 Å². The molecule has 0 aliphatic carbocycles. The molecule has 2 aromatic carbocycles. The van der Waals surface area contributed by atoms with Crippen LogP contribution in [0.4, 0.5) is 0 Å². The van der Waals surface area contributed by atoms with Crippen molar-refractivity contribution in [3.63, 3.8) is 0 Å². The zero-order valence-corrected chi connectivity index (χ0v) is 17.8. The number of ether oxygens (including phenoxy) is 2. The van der Waals surface area contributed by atoms with E-state index in [0.717, 1.165) is 28.3 Å². The first-order valence-corrected chi connectivity index (χ1v) is 10.5. The highest BCUT2D eigenvalue weighted by Crippen LogP contribution is 2.39. The number of ketones is 1. The normalized spacial score (nSPS) is 25.0. The molecule has 1 aliphatic rings. The van der Waals surface area contributed by atoms with Crippen LogP contribution in [0.2, 0.25) is 5.02 Å². The summed E-state index contributed by atoms with van der Waals surface area (Å²) in [6.07, 6.45) is 1.04. The molecule has 3 rings (SSSR count). The minimum absolute atomic E-state index is 0.00561. The Morgan fingerprint density at radius 2 is 1.79 bits per heavy atom. The van der Waals surface area contributed by atoms with E-state index in [1.807, 2.05) is 45.0 Å². The van der Waals surface area contributed by atoms with Crippen LogP contribution in [0.1, 0.15) is 56.9 Å². The van der Waals surface area contributed by atoms with Crippen molar-refractivity contribution in [2.75, 3.05) is 6.61 Å². The molecule has 1 heterocycles. The van der Waals surface area contributed by atoms with Gasteiger partial charge in [0, 0.05) is 10.9 Å². The highest BCUT2D eigenvalue weighted by atomic mass is 35.5. The molecule has 0 amide bonds. The second-order valence-electron chi connectivity index (χ2n) is 7.61. The largest absolute Gasteiger partial charge is 0.494 e. The summed E-state index contributed by atoms with van der Waals surface area (Å²) in [7, 11) is 0. The molecule has 0 saturated carbocycles. The van der Waals surface area contributed by atoms with Gasteiger partial charge >= 0.3 is 0 Å². The lowest BCUT2D eigenvalue weighted by Crippen LogP contribution is -2.42. The highest BCUT2D eigenvalue weighted by Gasteiger charge is 2.40. The minimum Gasteiger partial charge on any atom is -0.494 e. The number of carbonyl (C=O) groups is 1. The number of halogens is 1. The van der Waals surface area contributed by atoms with E-state index in [-0.39, 0.29) is 29.8 Å². The van der Waals surface area contributed by atoms with E-state index in [4.69, 9.17) is 21.1 Å². The fraction of sp³-hybridized carbons (Fsp3) is 0.458. The summed E-state index contributed by atoms with van der Waals surface area (Å²) in [5.41, 5.74) is 3.34. The second-order valence-corrected chi connectivity index (χ2v) is 8.02. The van der Waals surface area contributed by atoms with Crippen molar-refractivity contribution >= 4 is 17.4 Å². The van der Waals surface area contributed by atoms with Gasteiger partial charge in [-0.25, -0.2) is 0 Å². The molecule has 1 aliphatic heterocycles. The smallest absolute Gasteiger partial charge is 0.164 e. The van der Waals surface area contributed by atoms with Crippen LogP contribution in [-0.2, 0) is 16.0 Å². The fourth-order valence-electron chi connectivity index (χ4n) is 3.86. The van der Waals surface area contributed by atoms with Crippen molar-refractivity contribution in [1.82, 2.24) is 0 Å². The molecule has 28 heavy (non-hydrogen) atoms. The molecule has 0 aromatic heterocycles. The molecular formula is C24H29ClO3. The van der Waals surface area contributed by atoms with Gasteiger partial charge in [0.1, 0.15) is 11.9 Å². The molecule has 0 bridgehead atoms. The lowest BCUT2D eigenvalue weighted by molar-refractivity contribution is -0.158. The first-order valence-electron chi connectivity index (χ1n) is 10.1. The third kappa shape index (κ3) is 4.42. The van der Waals surface area contributed by atoms with E-state index < -0.39 is 0 Å². The Hall–Kier alpha value is -1.84. The van der Waals surface area contributed by atoms with E-state index in [2.05, 4.69) is 25.1 Å². The van der Waals surface area contributed by atoms with Crippen LogP contribution in [0.25, 0.3) is 0 Å². The molecule has 0 N–H and O–H groups in total. The van der Waals surface area contributed by atoms with Crippen molar-refractivity contribution in [3.8, 4) is 5.75 Å². The molecule has 0 radical (unpaired) electrons. The van der Waals surface area contributed by atoms with E-state index >= 15 is 0 Å². The predicted molar refractivity (Wildman–Crippen MR) is 113 cm³/mol. The number of benzene rings is 2. The van der Waals surface area contributed by atoms with Crippen molar-refractivity contribution in [1.29, 1.82) is 0 Å². The van der Waals surface area contributed by atoms with Gasteiger partial charge in [-0.2, -0.15) is 0 Å². The SMILES string of the molecule is CCOc1ccc(Cc2cc(C3OC(CC)C(=O)C(C)C3C)ccc2Cl)cc1. The first-order chi connectivity index (χ1) is 13.4. The van der Waals surface area contributed by atoms with Gasteiger partial charge in [0.2, 0.25) is 0 Å². The monoisotopic (exact) mass is 400 g/mol. The standard InChI is InChI=1S/C24H29ClO3/c1-5-22-23(26)15(3)16(4)24(28-22)18-9-12-21(25)19(14-18)13-17-7-10-20(11-8-17)27-6-2/h7-12,14-16,22,24H,5-6,13H2,1-4H3. The van der Waals surface area contributed by atoms with E-state index in [1.54, 1.807) is 0 Å².